The summed E-state index contributed by atoms with van der Waals surface area (Å²) >= 11 is 0. The van der Waals surface area contributed by atoms with Crippen LogP contribution in [-0.2, 0) is 9.53 Å². The van der Waals surface area contributed by atoms with Gasteiger partial charge in [0, 0.05) is 6.08 Å². The smallest absolute Gasteiger partial charge is 0.333 e. The lowest BCUT2D eigenvalue weighted by molar-refractivity contribution is -0.134. The average Bonchev–Trinajstić information content (AvgIpc) is 2.83. The first-order valence-corrected chi connectivity index (χ1v) is 4.53. The van der Waals surface area contributed by atoms with Crippen LogP contribution in [0.25, 0.3) is 16.7 Å². The average molecular weight is 201 g/mol. The molecule has 0 amide bonds. The van der Waals surface area contributed by atoms with Crippen molar-refractivity contribution < 1.29 is 9.53 Å². The molecule has 3 rings (SSSR count). The van der Waals surface area contributed by atoms with Gasteiger partial charge in [-0.15, -0.1) is 5.10 Å². The lowest BCUT2D eigenvalue weighted by Crippen LogP contribution is -2.00. The minimum Gasteiger partial charge on any atom is -0.456 e. The number of carbonyl (C=O) groups is 1. The Morgan fingerprint density at radius 3 is 3.00 bits per heavy atom. The van der Waals surface area contributed by atoms with E-state index in [1.165, 1.54) is 6.08 Å². The van der Waals surface area contributed by atoms with Crippen LogP contribution in [0.1, 0.15) is 0 Å². The zero-order valence-electron chi connectivity index (χ0n) is 7.75. The zero-order chi connectivity index (χ0) is 10.3. The SMILES string of the molecule is O=C1C=C(n2nnc3ccccc32)CO1. The van der Waals surface area contributed by atoms with E-state index in [9.17, 15) is 4.79 Å². The van der Waals surface area contributed by atoms with Crippen molar-refractivity contribution in [1.29, 1.82) is 0 Å². The number of aromatic nitrogens is 3. The van der Waals surface area contributed by atoms with Crippen LogP contribution in [0.4, 0.5) is 0 Å². The van der Waals surface area contributed by atoms with Crippen molar-refractivity contribution in [3.05, 3.63) is 30.3 Å². The molecule has 74 valence electrons. The number of rotatable bonds is 1. The van der Waals surface area contributed by atoms with Crippen LogP contribution in [0.2, 0.25) is 0 Å². The van der Waals surface area contributed by atoms with E-state index in [4.69, 9.17) is 4.74 Å². The largest absolute Gasteiger partial charge is 0.456 e. The van der Waals surface area contributed by atoms with E-state index < -0.39 is 0 Å². The Morgan fingerprint density at radius 1 is 1.33 bits per heavy atom. The topological polar surface area (TPSA) is 57.0 Å². The molecule has 0 atom stereocenters. The number of benzene rings is 1. The molecule has 0 saturated carbocycles. The molecule has 1 aromatic heterocycles. The number of cyclic esters (lactones) is 1. The maximum Gasteiger partial charge on any atom is 0.333 e. The summed E-state index contributed by atoms with van der Waals surface area (Å²) in [6.07, 6.45) is 1.43. The number of fused-ring (bicyclic) bond motifs is 1. The lowest BCUT2D eigenvalue weighted by atomic mass is 10.3. The molecule has 15 heavy (non-hydrogen) atoms. The van der Waals surface area contributed by atoms with Crippen molar-refractivity contribution >= 4 is 22.7 Å². The van der Waals surface area contributed by atoms with Gasteiger partial charge in [0.2, 0.25) is 0 Å². The Balaban J connectivity index is 2.19. The van der Waals surface area contributed by atoms with E-state index in [0.717, 1.165) is 11.0 Å². The second-order valence-electron chi connectivity index (χ2n) is 3.23. The summed E-state index contributed by atoms with van der Waals surface area (Å²) in [4.78, 5) is 10.9. The highest BCUT2D eigenvalue weighted by Crippen LogP contribution is 2.17. The standard InChI is InChI=1S/C10H7N3O2/c14-10-5-7(6-15-10)13-9-4-2-1-3-8(9)11-12-13/h1-5H,6H2. The van der Waals surface area contributed by atoms with Crippen LogP contribution < -0.4 is 0 Å². The normalized spacial score (nSPS) is 15.5. The quantitative estimate of drug-likeness (QED) is 0.641. The number of para-hydroxylation sites is 1. The molecular formula is C10H7N3O2. The fraction of sp³-hybridized carbons (Fsp3) is 0.100. The van der Waals surface area contributed by atoms with Crippen LogP contribution >= 0.6 is 0 Å². The van der Waals surface area contributed by atoms with E-state index in [1.807, 2.05) is 24.3 Å². The Bertz CT molecular complexity index is 571. The number of esters is 1. The van der Waals surface area contributed by atoms with Gasteiger partial charge in [-0.25, -0.2) is 9.48 Å². The zero-order valence-corrected chi connectivity index (χ0v) is 7.75. The van der Waals surface area contributed by atoms with Gasteiger partial charge in [-0.1, -0.05) is 17.3 Å². The van der Waals surface area contributed by atoms with Crippen molar-refractivity contribution in [3.8, 4) is 0 Å². The van der Waals surface area contributed by atoms with Crippen molar-refractivity contribution in [3.63, 3.8) is 0 Å². The second kappa shape index (κ2) is 2.91. The molecule has 2 heterocycles. The lowest BCUT2D eigenvalue weighted by Gasteiger charge is -1.99. The van der Waals surface area contributed by atoms with E-state index in [1.54, 1.807) is 4.68 Å². The summed E-state index contributed by atoms with van der Waals surface area (Å²) in [5.74, 6) is -0.329. The highest BCUT2D eigenvalue weighted by atomic mass is 16.5. The molecule has 0 radical (unpaired) electrons. The summed E-state index contributed by atoms with van der Waals surface area (Å²) in [7, 11) is 0. The number of carbonyl (C=O) groups excluding carboxylic acids is 1. The van der Waals surface area contributed by atoms with Crippen LogP contribution in [-0.4, -0.2) is 27.6 Å². The molecule has 1 aliphatic rings. The van der Waals surface area contributed by atoms with Gasteiger partial charge in [0.1, 0.15) is 12.1 Å². The summed E-state index contributed by atoms with van der Waals surface area (Å²) in [6.45, 7) is 0.256. The highest BCUT2D eigenvalue weighted by molar-refractivity contribution is 5.93. The van der Waals surface area contributed by atoms with Gasteiger partial charge < -0.3 is 4.74 Å². The summed E-state index contributed by atoms with van der Waals surface area (Å²) < 4.78 is 6.44. The molecule has 1 aliphatic heterocycles. The van der Waals surface area contributed by atoms with Crippen molar-refractivity contribution in [1.82, 2.24) is 15.0 Å². The monoisotopic (exact) mass is 201 g/mol. The molecule has 5 heteroatoms. The summed E-state index contributed by atoms with van der Waals surface area (Å²) in [6, 6.07) is 7.57. The summed E-state index contributed by atoms with van der Waals surface area (Å²) in [5.41, 5.74) is 2.40. The summed E-state index contributed by atoms with van der Waals surface area (Å²) in [5, 5.41) is 7.97. The fourth-order valence-corrected chi connectivity index (χ4v) is 1.57. The molecule has 0 saturated heterocycles. The minimum atomic E-state index is -0.329. The fourth-order valence-electron chi connectivity index (χ4n) is 1.57. The van der Waals surface area contributed by atoms with Crippen LogP contribution in [0.5, 0.6) is 0 Å². The van der Waals surface area contributed by atoms with Gasteiger partial charge in [-0.2, -0.15) is 0 Å². The Morgan fingerprint density at radius 2 is 2.20 bits per heavy atom. The van der Waals surface area contributed by atoms with Gasteiger partial charge in [0.25, 0.3) is 0 Å². The number of nitrogens with zero attached hydrogens (tertiary/aromatic N) is 3. The second-order valence-corrected chi connectivity index (χ2v) is 3.23. The van der Waals surface area contributed by atoms with Crippen molar-refractivity contribution in [2.45, 2.75) is 0 Å². The molecule has 0 fully saturated rings. The number of hydrogen-bond donors (Lipinski definition) is 0. The molecule has 0 spiro atoms. The third kappa shape index (κ3) is 1.20. The van der Waals surface area contributed by atoms with E-state index in [0.29, 0.717) is 5.70 Å². The highest BCUT2D eigenvalue weighted by Gasteiger charge is 2.17. The Kier molecular flexibility index (Phi) is 1.58. The first-order chi connectivity index (χ1) is 7.34. The maximum atomic E-state index is 10.9. The van der Waals surface area contributed by atoms with Crippen LogP contribution in [0, 0.1) is 0 Å². The minimum absolute atomic E-state index is 0.256. The molecular weight excluding hydrogens is 194 g/mol. The molecule has 5 nitrogen and oxygen atoms in total. The van der Waals surface area contributed by atoms with E-state index in [-0.39, 0.29) is 12.6 Å². The first-order valence-electron chi connectivity index (χ1n) is 4.53. The first kappa shape index (κ1) is 8.16. The molecule has 0 unspecified atom stereocenters. The van der Waals surface area contributed by atoms with Crippen molar-refractivity contribution in [2.75, 3.05) is 6.61 Å². The molecule has 0 bridgehead atoms. The number of hydrogen-bond acceptors (Lipinski definition) is 4. The Labute approximate surface area is 84.9 Å². The predicted molar refractivity (Wildman–Crippen MR) is 52.8 cm³/mol. The van der Waals surface area contributed by atoms with Crippen molar-refractivity contribution in [2.24, 2.45) is 0 Å². The van der Waals surface area contributed by atoms with Gasteiger partial charge in [-0.3, -0.25) is 0 Å². The van der Waals surface area contributed by atoms with Gasteiger partial charge in [0.05, 0.1) is 11.2 Å². The van der Waals surface area contributed by atoms with Crippen LogP contribution in [0.15, 0.2) is 30.3 Å². The van der Waals surface area contributed by atoms with Crippen LogP contribution in [0.3, 0.4) is 0 Å². The number of ether oxygens (including phenoxy) is 1. The Hall–Kier alpha value is -2.17. The van der Waals surface area contributed by atoms with Gasteiger partial charge in [-0.05, 0) is 12.1 Å². The maximum absolute atomic E-state index is 10.9. The van der Waals surface area contributed by atoms with E-state index >= 15 is 0 Å². The van der Waals surface area contributed by atoms with Gasteiger partial charge >= 0.3 is 5.97 Å². The molecule has 2 aromatic rings. The molecule has 0 aliphatic carbocycles. The molecule has 0 N–H and O–H groups in total. The van der Waals surface area contributed by atoms with E-state index in [2.05, 4.69) is 10.3 Å². The molecule has 1 aromatic carbocycles. The van der Waals surface area contributed by atoms with Gasteiger partial charge in [0.15, 0.2) is 0 Å². The predicted octanol–water partition coefficient (Wildman–Crippen LogP) is 0.829. The third-order valence-corrected chi connectivity index (χ3v) is 2.27. The third-order valence-electron chi connectivity index (χ3n) is 2.27.